The summed E-state index contributed by atoms with van der Waals surface area (Å²) in [6.07, 6.45) is 7.15. The second-order valence-electron chi connectivity index (χ2n) is 5.75. The molecule has 3 rings (SSSR count). The Morgan fingerprint density at radius 3 is 2.67 bits per heavy atom. The number of rotatable bonds is 3. The van der Waals surface area contributed by atoms with Gasteiger partial charge in [0.2, 0.25) is 0 Å². The molecule has 1 heterocycles. The molecule has 2 fully saturated rings. The maximum atomic E-state index is 10.9. The zero-order valence-corrected chi connectivity index (χ0v) is 10.8. The third-order valence-electron chi connectivity index (χ3n) is 4.39. The van der Waals surface area contributed by atoms with Crippen molar-refractivity contribution in [2.24, 2.45) is 5.92 Å². The highest BCUT2D eigenvalue weighted by Gasteiger charge is 2.46. The molecule has 2 saturated carbocycles. The summed E-state index contributed by atoms with van der Waals surface area (Å²) >= 11 is 0. The summed E-state index contributed by atoms with van der Waals surface area (Å²) in [5.41, 5.74) is 2.34. The number of H-pyrrole nitrogens is 1. The van der Waals surface area contributed by atoms with Crippen LogP contribution in [0.4, 0.5) is 0 Å². The minimum atomic E-state index is -0.687. The van der Waals surface area contributed by atoms with E-state index < -0.39 is 5.97 Å². The fraction of sp³-hybridized carbons (Fsp3) is 0.714. The predicted molar refractivity (Wildman–Crippen MR) is 67.6 cm³/mol. The van der Waals surface area contributed by atoms with Crippen molar-refractivity contribution in [1.82, 2.24) is 9.97 Å². The molecule has 0 aromatic carbocycles. The quantitative estimate of drug-likeness (QED) is 0.864. The fourth-order valence-corrected chi connectivity index (χ4v) is 3.22. The Kier molecular flexibility index (Phi) is 2.88. The van der Waals surface area contributed by atoms with Crippen LogP contribution in [0.2, 0.25) is 0 Å². The van der Waals surface area contributed by atoms with Gasteiger partial charge in [0.25, 0.3) is 0 Å². The summed E-state index contributed by atoms with van der Waals surface area (Å²) in [7, 11) is 0. The largest absolute Gasteiger partial charge is 0.481 e. The summed E-state index contributed by atoms with van der Waals surface area (Å²) in [6.45, 7) is 2.07. The maximum Gasteiger partial charge on any atom is 0.307 e. The highest BCUT2D eigenvalue weighted by molar-refractivity contribution is 5.74. The number of aromatic amines is 1. The van der Waals surface area contributed by atoms with Crippen LogP contribution in [0.5, 0.6) is 0 Å². The Labute approximate surface area is 107 Å². The lowest BCUT2D eigenvalue weighted by Crippen LogP contribution is -2.06. The second-order valence-corrected chi connectivity index (χ2v) is 5.75. The minimum Gasteiger partial charge on any atom is -0.481 e. The van der Waals surface area contributed by atoms with E-state index in [9.17, 15) is 4.79 Å². The molecule has 0 saturated heterocycles. The van der Waals surface area contributed by atoms with Crippen LogP contribution < -0.4 is 0 Å². The van der Waals surface area contributed by atoms with Crippen molar-refractivity contribution in [3.8, 4) is 0 Å². The molecule has 1 aromatic rings. The van der Waals surface area contributed by atoms with E-state index in [0.717, 1.165) is 17.9 Å². The van der Waals surface area contributed by atoms with Crippen molar-refractivity contribution in [2.45, 2.75) is 57.3 Å². The van der Waals surface area contributed by atoms with Gasteiger partial charge in [-0.15, -0.1) is 0 Å². The van der Waals surface area contributed by atoms with Gasteiger partial charge in [-0.05, 0) is 26.2 Å². The van der Waals surface area contributed by atoms with Crippen LogP contribution in [0.1, 0.15) is 67.6 Å². The molecule has 0 radical (unpaired) electrons. The lowest BCUT2D eigenvalue weighted by Gasteiger charge is -2.20. The number of nitrogens with one attached hydrogen (secondary N) is 1. The molecule has 0 bridgehead atoms. The van der Waals surface area contributed by atoms with Crippen LogP contribution >= 0.6 is 0 Å². The number of aromatic nitrogens is 2. The maximum absolute atomic E-state index is 10.9. The van der Waals surface area contributed by atoms with Gasteiger partial charge >= 0.3 is 5.97 Å². The number of carboxylic acids is 1. The van der Waals surface area contributed by atoms with Crippen molar-refractivity contribution in [1.29, 1.82) is 0 Å². The van der Waals surface area contributed by atoms with Gasteiger partial charge in [0, 0.05) is 17.5 Å². The Hall–Kier alpha value is -1.32. The Bertz CT molecular complexity index is 460. The lowest BCUT2D eigenvalue weighted by atomic mass is 9.86. The standard InChI is InChI=1S/C14H20N2O2/c1-8-12(9-5-3-2-4-6-9)16-13(15-8)10-7-11(10)14(17)18/h9-11H,2-7H2,1H3,(H,15,16)(H,17,18). The molecule has 1 aromatic heterocycles. The van der Waals surface area contributed by atoms with E-state index in [1.807, 2.05) is 0 Å². The van der Waals surface area contributed by atoms with Gasteiger partial charge in [-0.25, -0.2) is 4.98 Å². The number of hydrogen-bond acceptors (Lipinski definition) is 2. The molecule has 2 atom stereocenters. The van der Waals surface area contributed by atoms with E-state index in [0.29, 0.717) is 5.92 Å². The summed E-state index contributed by atoms with van der Waals surface area (Å²) in [4.78, 5) is 18.9. The van der Waals surface area contributed by atoms with E-state index in [2.05, 4.69) is 11.9 Å². The zero-order valence-electron chi connectivity index (χ0n) is 10.8. The minimum absolute atomic E-state index is 0.124. The highest BCUT2D eigenvalue weighted by atomic mass is 16.4. The SMILES string of the molecule is Cc1[nH]c(C2CC2C(=O)O)nc1C1CCCCC1. The Morgan fingerprint density at radius 2 is 2.06 bits per heavy atom. The monoisotopic (exact) mass is 248 g/mol. The molecule has 18 heavy (non-hydrogen) atoms. The van der Waals surface area contributed by atoms with Gasteiger partial charge in [0.05, 0.1) is 11.6 Å². The van der Waals surface area contributed by atoms with Crippen molar-refractivity contribution >= 4 is 5.97 Å². The molecular formula is C14H20N2O2. The smallest absolute Gasteiger partial charge is 0.307 e. The number of carboxylic acid groups (broad SMARTS) is 1. The predicted octanol–water partition coefficient (Wildman–Crippen LogP) is 2.95. The van der Waals surface area contributed by atoms with Crippen molar-refractivity contribution in [3.63, 3.8) is 0 Å². The van der Waals surface area contributed by atoms with Crippen LogP contribution in [-0.2, 0) is 4.79 Å². The third-order valence-corrected chi connectivity index (χ3v) is 4.39. The molecule has 0 amide bonds. The first-order valence-corrected chi connectivity index (χ1v) is 6.96. The molecule has 4 heteroatoms. The second kappa shape index (κ2) is 4.41. The zero-order chi connectivity index (χ0) is 12.7. The third kappa shape index (κ3) is 2.04. The van der Waals surface area contributed by atoms with E-state index >= 15 is 0 Å². The van der Waals surface area contributed by atoms with E-state index in [1.54, 1.807) is 0 Å². The Morgan fingerprint density at radius 1 is 1.33 bits per heavy atom. The Balaban J connectivity index is 1.76. The van der Waals surface area contributed by atoms with Crippen LogP contribution in [0.15, 0.2) is 0 Å². The number of hydrogen-bond donors (Lipinski definition) is 2. The number of carbonyl (C=O) groups is 1. The van der Waals surface area contributed by atoms with Crippen molar-refractivity contribution in [2.75, 3.05) is 0 Å². The normalized spacial score (nSPS) is 28.3. The van der Waals surface area contributed by atoms with Gasteiger partial charge in [-0.3, -0.25) is 4.79 Å². The fourth-order valence-electron chi connectivity index (χ4n) is 3.22. The summed E-state index contributed by atoms with van der Waals surface area (Å²) in [5, 5.41) is 8.97. The number of imidazole rings is 1. The molecule has 4 nitrogen and oxygen atoms in total. The molecule has 0 aliphatic heterocycles. The van der Waals surface area contributed by atoms with Crippen molar-refractivity contribution < 1.29 is 9.90 Å². The lowest BCUT2D eigenvalue weighted by molar-refractivity contribution is -0.138. The summed E-state index contributed by atoms with van der Waals surface area (Å²) < 4.78 is 0. The number of aliphatic carboxylic acids is 1. The van der Waals surface area contributed by atoms with E-state index in [4.69, 9.17) is 10.1 Å². The van der Waals surface area contributed by atoms with Gasteiger partial charge < -0.3 is 10.1 Å². The average Bonchev–Trinajstić information content (AvgIpc) is 3.08. The average molecular weight is 248 g/mol. The van der Waals surface area contributed by atoms with Crippen LogP contribution in [-0.4, -0.2) is 21.0 Å². The molecule has 2 unspecified atom stereocenters. The van der Waals surface area contributed by atoms with Gasteiger partial charge in [0.15, 0.2) is 0 Å². The van der Waals surface area contributed by atoms with Crippen molar-refractivity contribution in [3.05, 3.63) is 17.2 Å². The van der Waals surface area contributed by atoms with Gasteiger partial charge in [-0.1, -0.05) is 19.3 Å². The van der Waals surface area contributed by atoms with Gasteiger partial charge in [0.1, 0.15) is 5.82 Å². The van der Waals surface area contributed by atoms with Gasteiger partial charge in [-0.2, -0.15) is 0 Å². The first-order chi connectivity index (χ1) is 8.66. The van der Waals surface area contributed by atoms with Crippen LogP contribution in [0.25, 0.3) is 0 Å². The topological polar surface area (TPSA) is 66.0 Å². The van der Waals surface area contributed by atoms with Crippen LogP contribution in [0, 0.1) is 12.8 Å². The molecule has 0 spiro atoms. The highest BCUT2D eigenvalue weighted by Crippen LogP contribution is 2.47. The van der Waals surface area contributed by atoms with E-state index in [-0.39, 0.29) is 11.8 Å². The summed E-state index contributed by atoms with van der Waals surface area (Å²) in [5.74, 6) is 0.716. The van der Waals surface area contributed by atoms with Crippen LogP contribution in [0.3, 0.4) is 0 Å². The molecule has 2 aliphatic carbocycles. The number of nitrogens with zero attached hydrogens (tertiary/aromatic N) is 1. The molecule has 2 N–H and O–H groups in total. The molecular weight excluding hydrogens is 228 g/mol. The molecule has 98 valence electrons. The number of aryl methyl sites for hydroxylation is 1. The van der Waals surface area contributed by atoms with E-state index in [1.165, 1.54) is 37.8 Å². The first-order valence-electron chi connectivity index (χ1n) is 6.96. The first kappa shape index (κ1) is 11.8. The summed E-state index contributed by atoms with van der Waals surface area (Å²) in [6, 6.07) is 0. The molecule has 2 aliphatic rings.